The molecule has 0 atom stereocenters. The Morgan fingerprint density at radius 2 is 0.867 bits per heavy atom. The highest BCUT2D eigenvalue weighted by Gasteiger charge is 2.15. The summed E-state index contributed by atoms with van der Waals surface area (Å²) in [5.41, 5.74) is 2.05. The Kier molecular flexibility index (Phi) is 8.66. The van der Waals surface area contributed by atoms with Gasteiger partial charge < -0.3 is 10.2 Å². The van der Waals surface area contributed by atoms with Crippen LogP contribution in [0.1, 0.15) is 102 Å². The van der Waals surface area contributed by atoms with E-state index in [0.29, 0.717) is 11.5 Å². The van der Waals surface area contributed by atoms with Crippen LogP contribution in [0, 0.1) is 20.9 Å². The van der Waals surface area contributed by atoms with E-state index in [9.17, 15) is 10.2 Å². The first-order chi connectivity index (χ1) is 14.7. The number of phenolic OH excluding ortho intramolecular Hbond substituents is 2. The van der Waals surface area contributed by atoms with Gasteiger partial charge in [-0.25, -0.2) is 0 Å². The van der Waals surface area contributed by atoms with Gasteiger partial charge in [0, 0.05) is 10.4 Å². The molecule has 0 aliphatic heterocycles. The molecule has 0 aromatic heterocycles. The van der Waals surface area contributed by atoms with Crippen molar-refractivity contribution >= 4 is 0 Å². The molecule has 30 heavy (non-hydrogen) atoms. The molecule has 0 unspecified atom stereocenters. The molecule has 0 spiro atoms. The minimum Gasteiger partial charge on any atom is -0.507 e. The average Bonchev–Trinajstić information content (AvgIpc) is 2.73. The van der Waals surface area contributed by atoms with E-state index in [2.05, 4.69) is 38.1 Å². The highest BCUT2D eigenvalue weighted by atomic mass is 16.3. The molecule has 2 aromatic rings. The lowest BCUT2D eigenvalue weighted by atomic mass is 9.93. The highest BCUT2D eigenvalue weighted by molar-refractivity contribution is 5.48. The number of benzene rings is 2. The standard InChI is InChI=1S/C28H40O2/c1-3-5-7-9-11-13-15-21-17-19-23-24-20-18-22(16-14-12-10-8-6-4-2)28(30)26(24)25(23)27(21)29/h17-20,29-30H,3-16H2,1-2H3. The maximum Gasteiger partial charge on any atom is 0.127 e. The van der Waals surface area contributed by atoms with Crippen LogP contribution in [0.4, 0.5) is 0 Å². The van der Waals surface area contributed by atoms with Gasteiger partial charge in [-0.2, -0.15) is 0 Å². The number of rotatable bonds is 14. The summed E-state index contributed by atoms with van der Waals surface area (Å²) in [5.74, 6) is 0.779. The zero-order valence-electron chi connectivity index (χ0n) is 19.1. The van der Waals surface area contributed by atoms with E-state index in [1.807, 2.05) is 0 Å². The van der Waals surface area contributed by atoms with Crippen molar-refractivity contribution in [2.75, 3.05) is 0 Å². The maximum atomic E-state index is 10.9. The fourth-order valence-corrected chi connectivity index (χ4v) is 4.76. The van der Waals surface area contributed by atoms with Crippen LogP contribution in [0.25, 0.3) is 0 Å². The third-order valence-corrected chi connectivity index (χ3v) is 6.66. The molecule has 1 aliphatic rings. The van der Waals surface area contributed by atoms with E-state index in [4.69, 9.17) is 0 Å². The second kappa shape index (κ2) is 11.4. The van der Waals surface area contributed by atoms with E-state index in [0.717, 1.165) is 57.7 Å². The van der Waals surface area contributed by atoms with Crippen molar-refractivity contribution in [1.82, 2.24) is 0 Å². The summed E-state index contributed by atoms with van der Waals surface area (Å²) in [5, 5.41) is 25.7. The van der Waals surface area contributed by atoms with Gasteiger partial charge in [-0.15, -0.1) is 0 Å². The molecule has 0 amide bonds. The Morgan fingerprint density at radius 1 is 0.500 bits per heavy atom. The number of hydrogen-bond acceptors (Lipinski definition) is 2. The van der Waals surface area contributed by atoms with Crippen molar-refractivity contribution in [3.05, 3.63) is 56.3 Å². The Labute approximate surface area is 182 Å². The van der Waals surface area contributed by atoms with Gasteiger partial charge in [0.1, 0.15) is 11.5 Å². The summed E-state index contributed by atoms with van der Waals surface area (Å²) in [6.45, 7) is 4.48. The van der Waals surface area contributed by atoms with Crippen molar-refractivity contribution in [1.29, 1.82) is 0 Å². The minimum absolute atomic E-state index is 0.389. The van der Waals surface area contributed by atoms with E-state index < -0.39 is 0 Å². The second-order valence-corrected chi connectivity index (χ2v) is 9.03. The molecule has 3 rings (SSSR count). The molecule has 0 radical (unpaired) electrons. The number of unbranched alkanes of at least 4 members (excludes halogenated alkanes) is 10. The van der Waals surface area contributed by atoms with Crippen LogP contribution < -0.4 is 0 Å². The summed E-state index contributed by atoms with van der Waals surface area (Å²) in [7, 11) is 0. The van der Waals surface area contributed by atoms with Gasteiger partial charge in [-0.05, 0) is 47.2 Å². The largest absolute Gasteiger partial charge is 0.507 e. The molecule has 0 bridgehead atoms. The van der Waals surface area contributed by atoms with Gasteiger partial charge in [-0.1, -0.05) is 102 Å². The summed E-state index contributed by atoms with van der Waals surface area (Å²) in [6, 6.07) is 8.39. The molecule has 0 heterocycles. The Morgan fingerprint density at radius 3 is 1.27 bits per heavy atom. The lowest BCUT2D eigenvalue weighted by Gasteiger charge is -2.14. The van der Waals surface area contributed by atoms with Crippen LogP contribution in [0.15, 0.2) is 24.3 Å². The Hall–Kier alpha value is -1.96. The highest BCUT2D eigenvalue weighted by Crippen LogP contribution is 2.33. The van der Waals surface area contributed by atoms with Crippen LogP contribution in [0.3, 0.4) is 0 Å². The third-order valence-electron chi connectivity index (χ3n) is 6.66. The Bertz CT molecular complexity index is 925. The number of aryl methyl sites for hydroxylation is 2. The molecule has 2 nitrogen and oxygen atoms in total. The number of phenols is 2. The zero-order chi connectivity index (χ0) is 21.3. The van der Waals surface area contributed by atoms with Crippen molar-refractivity contribution < 1.29 is 10.2 Å². The first-order valence-corrected chi connectivity index (χ1v) is 12.4. The zero-order valence-corrected chi connectivity index (χ0v) is 19.1. The van der Waals surface area contributed by atoms with Gasteiger partial charge in [0.2, 0.25) is 0 Å². The molecule has 0 fully saturated rings. The lowest BCUT2D eigenvalue weighted by molar-refractivity contribution is 0.450. The molecular weight excluding hydrogens is 368 g/mol. The van der Waals surface area contributed by atoms with Gasteiger partial charge in [0.05, 0.1) is 0 Å². The molecule has 1 aliphatic carbocycles. The number of fused-ring (bicyclic) bond motifs is 2. The fourth-order valence-electron chi connectivity index (χ4n) is 4.76. The van der Waals surface area contributed by atoms with Gasteiger partial charge in [-0.3, -0.25) is 0 Å². The van der Waals surface area contributed by atoms with Gasteiger partial charge in [0.25, 0.3) is 0 Å². The predicted octanol–water partition coefficient (Wildman–Crippen LogP) is 7.79. The lowest BCUT2D eigenvalue weighted by Crippen LogP contribution is -1.99. The smallest absolute Gasteiger partial charge is 0.127 e. The van der Waals surface area contributed by atoms with Gasteiger partial charge in [0.15, 0.2) is 0 Å². The maximum absolute atomic E-state index is 10.9. The number of hydrogen-bond donors (Lipinski definition) is 2. The summed E-state index contributed by atoms with van der Waals surface area (Å²) >= 11 is 0. The van der Waals surface area contributed by atoms with Crippen molar-refractivity contribution in [2.45, 2.75) is 104 Å². The summed E-state index contributed by atoms with van der Waals surface area (Å²) < 4.78 is 0. The SMILES string of the molecule is CCCCCCCCc1ccc2c(c1O)=c1c(O)c(CCCCCCCC)ccc1=2. The second-order valence-electron chi connectivity index (χ2n) is 9.03. The van der Waals surface area contributed by atoms with Crippen LogP contribution in [0.2, 0.25) is 0 Å². The normalized spacial score (nSPS) is 11.8. The summed E-state index contributed by atoms with van der Waals surface area (Å²) in [4.78, 5) is 0. The molecule has 2 aromatic carbocycles. The molecule has 2 N–H and O–H groups in total. The van der Waals surface area contributed by atoms with Crippen molar-refractivity contribution in [2.24, 2.45) is 0 Å². The quantitative estimate of drug-likeness (QED) is 0.267. The molecule has 0 saturated carbocycles. The van der Waals surface area contributed by atoms with Crippen molar-refractivity contribution in [3.63, 3.8) is 0 Å². The van der Waals surface area contributed by atoms with Crippen LogP contribution in [0.5, 0.6) is 11.5 Å². The van der Waals surface area contributed by atoms with Crippen molar-refractivity contribution in [3.8, 4) is 11.5 Å². The Balaban J connectivity index is 1.69. The summed E-state index contributed by atoms with van der Waals surface area (Å²) in [6.07, 6.45) is 16.9. The minimum atomic E-state index is 0.389. The van der Waals surface area contributed by atoms with E-state index in [-0.39, 0.29) is 0 Å². The van der Waals surface area contributed by atoms with Crippen LogP contribution >= 0.6 is 0 Å². The molecule has 0 saturated heterocycles. The first-order valence-electron chi connectivity index (χ1n) is 12.4. The monoisotopic (exact) mass is 408 g/mol. The van der Waals surface area contributed by atoms with Crippen LogP contribution in [-0.2, 0) is 12.8 Å². The molecular formula is C28H40O2. The molecule has 164 valence electrons. The topological polar surface area (TPSA) is 40.5 Å². The van der Waals surface area contributed by atoms with Crippen LogP contribution in [-0.4, -0.2) is 10.2 Å². The van der Waals surface area contributed by atoms with E-state index in [1.165, 1.54) is 64.2 Å². The number of aromatic hydroxyl groups is 2. The van der Waals surface area contributed by atoms with E-state index in [1.54, 1.807) is 0 Å². The fraction of sp³-hybridized carbons (Fsp3) is 0.571. The van der Waals surface area contributed by atoms with Gasteiger partial charge >= 0.3 is 0 Å². The third kappa shape index (κ3) is 5.20. The van der Waals surface area contributed by atoms with E-state index >= 15 is 0 Å². The average molecular weight is 409 g/mol. The first kappa shape index (κ1) is 22.7. The predicted molar refractivity (Wildman–Crippen MR) is 126 cm³/mol. The molecule has 2 heteroatoms.